The molecule has 3 unspecified atom stereocenters. The second-order valence-corrected chi connectivity index (χ2v) is 13.6. The van der Waals surface area contributed by atoms with Gasteiger partial charge in [-0.25, -0.2) is 4.39 Å². The van der Waals surface area contributed by atoms with E-state index in [1.165, 1.54) is 12.1 Å². The van der Waals surface area contributed by atoms with Crippen LogP contribution in [0.25, 0.3) is 10.9 Å². The van der Waals surface area contributed by atoms with E-state index in [1.807, 2.05) is 49.2 Å². The van der Waals surface area contributed by atoms with E-state index in [9.17, 15) is 18.8 Å². The van der Waals surface area contributed by atoms with Crippen LogP contribution in [0.4, 0.5) is 4.39 Å². The second kappa shape index (κ2) is 18.7. The molecule has 4 aromatic rings. The van der Waals surface area contributed by atoms with E-state index in [1.54, 1.807) is 35.2 Å². The van der Waals surface area contributed by atoms with Crippen molar-refractivity contribution in [1.82, 2.24) is 20.1 Å². The summed E-state index contributed by atoms with van der Waals surface area (Å²) in [4.78, 5) is 56.5. The number of amides is 4. The largest absolute Gasteiger partial charge is 0.490 e. The van der Waals surface area contributed by atoms with Gasteiger partial charge >= 0.3 is 0 Å². The summed E-state index contributed by atoms with van der Waals surface area (Å²) in [7, 11) is 0. The van der Waals surface area contributed by atoms with Gasteiger partial charge in [-0.3, -0.25) is 19.2 Å². The Morgan fingerprint density at radius 2 is 1.68 bits per heavy atom. The first-order valence-corrected chi connectivity index (χ1v) is 18.4. The van der Waals surface area contributed by atoms with E-state index in [4.69, 9.17) is 25.9 Å². The van der Waals surface area contributed by atoms with Crippen molar-refractivity contribution in [3.05, 3.63) is 100 Å². The van der Waals surface area contributed by atoms with Crippen molar-refractivity contribution in [2.45, 2.75) is 45.8 Å². The Morgan fingerprint density at radius 1 is 0.981 bits per heavy atom. The number of ether oxygens (including phenoxy) is 2. The lowest BCUT2D eigenvalue weighted by molar-refractivity contribution is -0.138. The van der Waals surface area contributed by atoms with Crippen LogP contribution >= 0.6 is 11.6 Å². The van der Waals surface area contributed by atoms with Crippen molar-refractivity contribution >= 4 is 46.6 Å². The standard InChI is InChI=1S/C37H38ClFN4O5.C2H6.CH3NO/c38-27-5-12-31-25(17-41-34(31)16-27)15-35(44)42-18-26-19-43(37(46)24-3-8-29(9-4-24)48-30-10-11-30)20-32(26)33(21-42)36(45)40-13-14-47-22-23-1-6-28(39)7-2-23;1-2;2-1-3/h1-9,12,16-17,26,30,32-33,41H,10-11,13-15,18-22H2,(H,40,45);1-2H3;1H,(H2,2,3). The molecular formula is C40H47ClFN5O6. The maximum atomic E-state index is 13.8. The Bertz CT molecular complexity index is 1850. The number of rotatable bonds is 11. The highest BCUT2D eigenvalue weighted by Crippen LogP contribution is 2.37. The number of piperidine rings is 1. The number of benzene rings is 3. The molecule has 53 heavy (non-hydrogen) atoms. The zero-order chi connectivity index (χ0) is 37.9. The van der Waals surface area contributed by atoms with Crippen LogP contribution in [0.2, 0.25) is 5.02 Å². The van der Waals surface area contributed by atoms with Gasteiger partial charge in [0.25, 0.3) is 5.91 Å². The average Bonchev–Trinajstić information content (AvgIpc) is 3.74. The Morgan fingerprint density at radius 3 is 2.38 bits per heavy atom. The Balaban J connectivity index is 0.00000103. The molecule has 1 aliphatic carbocycles. The number of aromatic amines is 1. The number of nitrogens with one attached hydrogen (secondary N) is 2. The molecule has 3 aromatic carbocycles. The summed E-state index contributed by atoms with van der Waals surface area (Å²) in [6.45, 7) is 6.51. The first kappa shape index (κ1) is 39.3. The molecule has 0 spiro atoms. The third kappa shape index (κ3) is 10.4. The first-order valence-electron chi connectivity index (χ1n) is 18.1. The molecule has 4 amide bonds. The van der Waals surface area contributed by atoms with Gasteiger partial charge in [0.05, 0.1) is 31.7 Å². The normalized spacial score (nSPS) is 18.9. The van der Waals surface area contributed by atoms with Crippen LogP contribution in [0, 0.1) is 23.6 Å². The van der Waals surface area contributed by atoms with Crippen LogP contribution in [0.3, 0.4) is 0 Å². The summed E-state index contributed by atoms with van der Waals surface area (Å²) in [6, 6.07) is 18.9. The molecule has 3 fully saturated rings. The van der Waals surface area contributed by atoms with Crippen LogP contribution in [-0.4, -0.2) is 84.4 Å². The maximum Gasteiger partial charge on any atom is 0.253 e. The van der Waals surface area contributed by atoms with Gasteiger partial charge in [-0.05, 0) is 84.3 Å². The molecular weight excluding hydrogens is 701 g/mol. The van der Waals surface area contributed by atoms with E-state index in [0.29, 0.717) is 36.8 Å². The van der Waals surface area contributed by atoms with Gasteiger partial charge in [0.15, 0.2) is 0 Å². The van der Waals surface area contributed by atoms with Gasteiger partial charge in [0.2, 0.25) is 18.2 Å². The lowest BCUT2D eigenvalue weighted by atomic mass is 9.79. The van der Waals surface area contributed by atoms with Gasteiger partial charge in [-0.15, -0.1) is 0 Å². The summed E-state index contributed by atoms with van der Waals surface area (Å²) >= 11 is 6.15. The van der Waals surface area contributed by atoms with Gasteiger partial charge in [0.1, 0.15) is 11.6 Å². The van der Waals surface area contributed by atoms with Gasteiger partial charge in [-0.2, -0.15) is 0 Å². The molecule has 0 radical (unpaired) electrons. The molecule has 11 nitrogen and oxygen atoms in total. The van der Waals surface area contributed by atoms with E-state index < -0.39 is 5.92 Å². The molecule has 3 aliphatic rings. The predicted octanol–water partition coefficient (Wildman–Crippen LogP) is 5.35. The van der Waals surface area contributed by atoms with Crippen LogP contribution in [0.15, 0.2) is 72.9 Å². The zero-order valence-corrected chi connectivity index (χ0v) is 30.8. The number of aromatic nitrogens is 1. The van der Waals surface area contributed by atoms with E-state index in [-0.39, 0.29) is 74.0 Å². The van der Waals surface area contributed by atoms with E-state index in [0.717, 1.165) is 40.6 Å². The average molecular weight is 748 g/mol. The number of fused-ring (bicyclic) bond motifs is 2. The maximum absolute atomic E-state index is 13.8. The summed E-state index contributed by atoms with van der Waals surface area (Å²) in [6.07, 6.45) is 4.66. The summed E-state index contributed by atoms with van der Waals surface area (Å²) in [5.41, 5.74) is 7.31. The van der Waals surface area contributed by atoms with Gasteiger partial charge in [-0.1, -0.05) is 43.6 Å². The summed E-state index contributed by atoms with van der Waals surface area (Å²) < 4.78 is 24.7. The number of primary amides is 1. The third-order valence-electron chi connectivity index (χ3n) is 9.58. The van der Waals surface area contributed by atoms with Crippen LogP contribution in [0.1, 0.15) is 48.2 Å². The number of carbonyl (C=O) groups is 4. The molecule has 1 aromatic heterocycles. The molecule has 2 saturated heterocycles. The lowest BCUT2D eigenvalue weighted by Gasteiger charge is -2.39. The highest BCUT2D eigenvalue weighted by molar-refractivity contribution is 6.31. The smallest absolute Gasteiger partial charge is 0.253 e. The minimum Gasteiger partial charge on any atom is -0.490 e. The van der Waals surface area contributed by atoms with Gasteiger partial charge in [0, 0.05) is 60.4 Å². The van der Waals surface area contributed by atoms with Crippen LogP contribution in [0.5, 0.6) is 5.75 Å². The molecule has 7 rings (SSSR count). The zero-order valence-electron chi connectivity index (χ0n) is 30.1. The van der Waals surface area contributed by atoms with Crippen molar-refractivity contribution < 1.29 is 33.0 Å². The van der Waals surface area contributed by atoms with Crippen molar-refractivity contribution in [2.24, 2.45) is 23.5 Å². The van der Waals surface area contributed by atoms with Crippen LogP contribution in [-0.2, 0) is 32.1 Å². The van der Waals surface area contributed by atoms with Crippen molar-refractivity contribution in [3.8, 4) is 5.75 Å². The van der Waals surface area contributed by atoms with Crippen molar-refractivity contribution in [3.63, 3.8) is 0 Å². The SMILES string of the molecule is CC.NC=O.O=C(NCCOCc1ccc(F)cc1)C1CN(C(=O)Cc2c[nH]c3cc(Cl)ccc23)CC2CN(C(=O)c3ccc(OC4CC4)cc3)CC21. The highest BCUT2D eigenvalue weighted by Gasteiger charge is 2.47. The third-order valence-corrected chi connectivity index (χ3v) is 9.82. The molecule has 3 atom stereocenters. The summed E-state index contributed by atoms with van der Waals surface area (Å²) in [5, 5.41) is 4.55. The fraction of sp³-hybridized carbons (Fsp3) is 0.400. The molecule has 4 N–H and O–H groups in total. The Labute approximate surface area is 313 Å². The minimum absolute atomic E-state index is 0.0450. The fourth-order valence-electron chi connectivity index (χ4n) is 6.89. The quantitative estimate of drug-likeness (QED) is 0.139. The predicted molar refractivity (Wildman–Crippen MR) is 201 cm³/mol. The monoisotopic (exact) mass is 747 g/mol. The Kier molecular flexibility index (Phi) is 13.9. The fourth-order valence-corrected chi connectivity index (χ4v) is 7.06. The molecule has 0 bridgehead atoms. The van der Waals surface area contributed by atoms with Gasteiger partial charge < -0.3 is 35.3 Å². The second-order valence-electron chi connectivity index (χ2n) is 13.2. The first-order chi connectivity index (χ1) is 25.7. The van der Waals surface area contributed by atoms with Crippen molar-refractivity contribution in [2.75, 3.05) is 39.3 Å². The lowest BCUT2D eigenvalue weighted by Crippen LogP contribution is -2.53. The topological polar surface area (TPSA) is 147 Å². The number of hydrogen-bond acceptors (Lipinski definition) is 6. The number of hydrogen-bond donors (Lipinski definition) is 3. The summed E-state index contributed by atoms with van der Waals surface area (Å²) in [5.74, 6) is -0.493. The number of H-pyrrole nitrogens is 1. The highest BCUT2D eigenvalue weighted by atomic mass is 35.5. The minimum atomic E-state index is -0.487. The molecule has 3 heterocycles. The number of halogens is 2. The molecule has 2 aliphatic heterocycles. The Hall–Kier alpha value is -4.94. The van der Waals surface area contributed by atoms with Crippen LogP contribution < -0.4 is 15.8 Å². The number of likely N-dealkylation sites (tertiary alicyclic amines) is 2. The molecule has 13 heteroatoms. The van der Waals surface area contributed by atoms with E-state index in [2.05, 4.69) is 16.0 Å². The van der Waals surface area contributed by atoms with Crippen molar-refractivity contribution in [1.29, 1.82) is 0 Å². The number of carbonyl (C=O) groups excluding carboxylic acids is 4. The van der Waals surface area contributed by atoms with E-state index >= 15 is 0 Å². The number of nitrogens with zero attached hydrogens (tertiary/aromatic N) is 2. The number of nitrogens with two attached hydrogens (primary N) is 1. The molecule has 1 saturated carbocycles. The molecule has 282 valence electrons.